The number of hydrogen-bond donors (Lipinski definition) is 0. The quantitative estimate of drug-likeness (QED) is 0.792. The highest BCUT2D eigenvalue weighted by Gasteiger charge is 2.30. The Morgan fingerprint density at radius 2 is 2.22 bits per heavy atom. The van der Waals surface area contributed by atoms with E-state index in [-0.39, 0.29) is 16.9 Å². The molecule has 1 fully saturated rings. The summed E-state index contributed by atoms with van der Waals surface area (Å²) in [6.07, 6.45) is 2.25. The van der Waals surface area contributed by atoms with E-state index in [0.29, 0.717) is 11.6 Å². The summed E-state index contributed by atoms with van der Waals surface area (Å²) in [6, 6.07) is 3.57. The van der Waals surface area contributed by atoms with Gasteiger partial charge < -0.3 is 9.30 Å². The van der Waals surface area contributed by atoms with Crippen molar-refractivity contribution in [2.75, 3.05) is 7.11 Å². The van der Waals surface area contributed by atoms with Crippen molar-refractivity contribution in [2.45, 2.75) is 31.2 Å². The number of aromatic nitrogens is 2. The topological polar surface area (TPSA) is 27.1 Å². The van der Waals surface area contributed by atoms with Gasteiger partial charge in [0.2, 0.25) is 0 Å². The standard InChI is InChI=1S/C13H14ClFN2O/c1-7(14)13-16-10-5-9(15)12(18-2)6-11(10)17(13)8-3-4-8/h5-8H,3-4H2,1-2H3. The van der Waals surface area contributed by atoms with Crippen LogP contribution in [0.1, 0.15) is 37.0 Å². The number of hydrogen-bond acceptors (Lipinski definition) is 2. The molecule has 96 valence electrons. The first kappa shape index (κ1) is 11.8. The zero-order valence-corrected chi connectivity index (χ0v) is 11.0. The van der Waals surface area contributed by atoms with Gasteiger partial charge in [0.25, 0.3) is 0 Å². The minimum absolute atomic E-state index is 0.188. The fourth-order valence-corrected chi connectivity index (χ4v) is 2.42. The Bertz CT molecular complexity index is 605. The summed E-state index contributed by atoms with van der Waals surface area (Å²) >= 11 is 6.16. The number of fused-ring (bicyclic) bond motifs is 1. The van der Waals surface area contributed by atoms with Crippen LogP contribution in [0.4, 0.5) is 4.39 Å². The number of rotatable bonds is 3. The first-order valence-electron chi connectivity index (χ1n) is 6.01. The van der Waals surface area contributed by atoms with Crippen LogP contribution in [0.5, 0.6) is 5.75 Å². The van der Waals surface area contributed by atoms with Gasteiger partial charge in [-0.1, -0.05) is 0 Å². The Kier molecular flexibility index (Phi) is 2.70. The fourth-order valence-electron chi connectivity index (χ4n) is 2.27. The summed E-state index contributed by atoms with van der Waals surface area (Å²) in [7, 11) is 1.47. The van der Waals surface area contributed by atoms with Crippen molar-refractivity contribution in [3.63, 3.8) is 0 Å². The number of halogens is 2. The summed E-state index contributed by atoms with van der Waals surface area (Å²) in [4.78, 5) is 4.45. The largest absolute Gasteiger partial charge is 0.494 e. The second kappa shape index (κ2) is 4.12. The van der Waals surface area contributed by atoms with Crippen LogP contribution < -0.4 is 4.74 Å². The number of methoxy groups -OCH3 is 1. The number of ether oxygens (including phenoxy) is 1. The summed E-state index contributed by atoms with van der Waals surface area (Å²) in [6.45, 7) is 1.88. The van der Waals surface area contributed by atoms with Crippen LogP contribution in [0.3, 0.4) is 0 Å². The minimum atomic E-state index is -0.390. The van der Waals surface area contributed by atoms with Crippen molar-refractivity contribution in [1.29, 1.82) is 0 Å². The Morgan fingerprint density at radius 1 is 1.50 bits per heavy atom. The zero-order chi connectivity index (χ0) is 12.9. The summed E-state index contributed by atoms with van der Waals surface area (Å²) in [5, 5.41) is -0.188. The van der Waals surface area contributed by atoms with Crippen molar-refractivity contribution in [3.05, 3.63) is 23.8 Å². The van der Waals surface area contributed by atoms with Crippen molar-refractivity contribution >= 4 is 22.6 Å². The number of alkyl halides is 1. The van der Waals surface area contributed by atoms with Crippen LogP contribution >= 0.6 is 11.6 Å². The van der Waals surface area contributed by atoms with E-state index in [1.165, 1.54) is 13.2 Å². The molecule has 0 aliphatic heterocycles. The van der Waals surface area contributed by atoms with Gasteiger partial charge in [0.15, 0.2) is 11.6 Å². The smallest absolute Gasteiger partial charge is 0.167 e. The average molecular weight is 269 g/mol. The van der Waals surface area contributed by atoms with Gasteiger partial charge >= 0.3 is 0 Å². The van der Waals surface area contributed by atoms with Crippen LogP contribution in [-0.4, -0.2) is 16.7 Å². The van der Waals surface area contributed by atoms with E-state index in [0.717, 1.165) is 24.2 Å². The van der Waals surface area contributed by atoms with E-state index in [9.17, 15) is 4.39 Å². The molecule has 1 aromatic heterocycles. The maximum Gasteiger partial charge on any atom is 0.167 e. The van der Waals surface area contributed by atoms with Gasteiger partial charge in [-0.25, -0.2) is 9.37 Å². The SMILES string of the molecule is COc1cc2c(cc1F)nc(C(C)Cl)n2C1CC1. The van der Waals surface area contributed by atoms with Gasteiger partial charge in [0.05, 0.1) is 23.5 Å². The molecule has 1 unspecified atom stereocenters. The van der Waals surface area contributed by atoms with E-state index in [2.05, 4.69) is 9.55 Å². The van der Waals surface area contributed by atoms with Gasteiger partial charge in [0.1, 0.15) is 5.82 Å². The molecular formula is C13H14ClFN2O. The van der Waals surface area contributed by atoms with Gasteiger partial charge in [-0.3, -0.25) is 0 Å². The third-order valence-corrected chi connectivity index (χ3v) is 3.45. The first-order chi connectivity index (χ1) is 8.61. The molecule has 0 saturated heterocycles. The lowest BCUT2D eigenvalue weighted by Crippen LogP contribution is -2.02. The molecule has 2 aromatic rings. The van der Waals surface area contributed by atoms with Crippen LogP contribution in [0.15, 0.2) is 12.1 Å². The van der Waals surface area contributed by atoms with Gasteiger partial charge in [-0.15, -0.1) is 11.6 Å². The predicted molar refractivity (Wildman–Crippen MR) is 68.8 cm³/mol. The van der Waals surface area contributed by atoms with E-state index >= 15 is 0 Å². The predicted octanol–water partition coefficient (Wildman–Crippen LogP) is 3.82. The Morgan fingerprint density at radius 3 is 2.78 bits per heavy atom. The molecule has 1 aromatic carbocycles. The van der Waals surface area contributed by atoms with Crippen molar-refractivity contribution < 1.29 is 9.13 Å². The number of benzene rings is 1. The van der Waals surface area contributed by atoms with Crippen LogP contribution in [0.2, 0.25) is 0 Å². The molecule has 3 nitrogen and oxygen atoms in total. The molecule has 0 radical (unpaired) electrons. The van der Waals surface area contributed by atoms with Gasteiger partial charge in [-0.2, -0.15) is 0 Å². The molecule has 18 heavy (non-hydrogen) atoms. The second-order valence-corrected chi connectivity index (χ2v) is 5.32. The Balaban J connectivity index is 2.28. The maximum atomic E-state index is 13.7. The van der Waals surface area contributed by atoms with Crippen LogP contribution in [0, 0.1) is 5.82 Å². The zero-order valence-electron chi connectivity index (χ0n) is 10.3. The molecule has 5 heteroatoms. The molecule has 0 amide bonds. The van der Waals surface area contributed by atoms with Crippen LogP contribution in [0.25, 0.3) is 11.0 Å². The molecule has 1 atom stereocenters. The average Bonchev–Trinajstić information content (AvgIpc) is 3.09. The second-order valence-electron chi connectivity index (χ2n) is 4.66. The lowest BCUT2D eigenvalue weighted by atomic mass is 10.3. The molecule has 1 saturated carbocycles. The molecule has 3 rings (SSSR count). The van der Waals surface area contributed by atoms with Crippen molar-refractivity contribution in [2.24, 2.45) is 0 Å². The van der Waals surface area contributed by atoms with Gasteiger partial charge in [0, 0.05) is 18.2 Å². The molecule has 0 bridgehead atoms. The Labute approximate surface area is 110 Å². The molecule has 1 aliphatic rings. The third-order valence-electron chi connectivity index (χ3n) is 3.26. The highest BCUT2D eigenvalue weighted by molar-refractivity contribution is 6.20. The van der Waals surface area contributed by atoms with E-state index in [4.69, 9.17) is 16.3 Å². The summed E-state index contributed by atoms with van der Waals surface area (Å²) < 4.78 is 20.8. The molecule has 1 heterocycles. The van der Waals surface area contributed by atoms with E-state index < -0.39 is 0 Å². The highest BCUT2D eigenvalue weighted by atomic mass is 35.5. The monoisotopic (exact) mass is 268 g/mol. The first-order valence-corrected chi connectivity index (χ1v) is 6.45. The molecule has 1 aliphatic carbocycles. The normalized spacial score (nSPS) is 17.1. The number of nitrogens with zero attached hydrogens (tertiary/aromatic N) is 2. The summed E-state index contributed by atoms with van der Waals surface area (Å²) in [5.74, 6) is 0.666. The lowest BCUT2D eigenvalue weighted by Gasteiger charge is -2.09. The van der Waals surface area contributed by atoms with Crippen molar-refractivity contribution in [1.82, 2.24) is 9.55 Å². The lowest BCUT2D eigenvalue weighted by molar-refractivity contribution is 0.387. The molecule has 0 spiro atoms. The van der Waals surface area contributed by atoms with Crippen LogP contribution in [-0.2, 0) is 0 Å². The summed E-state index contributed by atoms with van der Waals surface area (Å²) in [5.41, 5.74) is 1.54. The molecular weight excluding hydrogens is 255 g/mol. The Hall–Kier alpha value is -1.29. The third kappa shape index (κ3) is 1.75. The van der Waals surface area contributed by atoms with E-state index in [1.807, 2.05) is 6.92 Å². The van der Waals surface area contributed by atoms with E-state index in [1.54, 1.807) is 6.07 Å². The van der Waals surface area contributed by atoms with Gasteiger partial charge in [-0.05, 0) is 19.8 Å². The van der Waals surface area contributed by atoms with Crippen molar-refractivity contribution in [3.8, 4) is 5.75 Å². The molecule has 0 N–H and O–H groups in total. The minimum Gasteiger partial charge on any atom is -0.494 e. The maximum absolute atomic E-state index is 13.7. The number of imidazole rings is 1. The fraction of sp³-hybridized carbons (Fsp3) is 0.462. The highest BCUT2D eigenvalue weighted by Crippen LogP contribution is 2.41.